The second kappa shape index (κ2) is 7.66. The third-order valence-electron chi connectivity index (χ3n) is 2.43. The molecule has 0 saturated heterocycles. The van der Waals surface area contributed by atoms with Crippen LogP contribution in [0.15, 0.2) is 18.5 Å². The summed E-state index contributed by atoms with van der Waals surface area (Å²) in [5, 5.41) is 5.98. The van der Waals surface area contributed by atoms with Crippen LogP contribution in [0.4, 0.5) is 5.69 Å². The lowest BCUT2D eigenvalue weighted by molar-refractivity contribution is 0.0695. The summed E-state index contributed by atoms with van der Waals surface area (Å²) in [5.74, 6) is -0.134. The number of ether oxygens (including phenoxy) is 1. The molecule has 18 heavy (non-hydrogen) atoms. The van der Waals surface area contributed by atoms with Gasteiger partial charge in [-0.1, -0.05) is 0 Å². The van der Waals surface area contributed by atoms with Gasteiger partial charge in [-0.05, 0) is 26.8 Å². The summed E-state index contributed by atoms with van der Waals surface area (Å²) in [6, 6.07) is 1.80. The van der Waals surface area contributed by atoms with Crippen LogP contribution in [0.1, 0.15) is 31.1 Å². The molecule has 1 unspecified atom stereocenters. The van der Waals surface area contributed by atoms with Crippen LogP contribution in [0.25, 0.3) is 0 Å². The van der Waals surface area contributed by atoms with Gasteiger partial charge in [-0.2, -0.15) is 0 Å². The molecule has 0 aliphatic heterocycles. The van der Waals surface area contributed by atoms with E-state index < -0.39 is 0 Å². The first-order valence-corrected chi connectivity index (χ1v) is 6.26. The van der Waals surface area contributed by atoms with Crippen LogP contribution in [0.3, 0.4) is 0 Å². The van der Waals surface area contributed by atoms with Crippen molar-refractivity contribution in [3.63, 3.8) is 0 Å². The Morgan fingerprint density at radius 2 is 2.28 bits per heavy atom. The molecule has 1 aromatic heterocycles. The van der Waals surface area contributed by atoms with E-state index in [0.717, 1.165) is 12.2 Å². The minimum absolute atomic E-state index is 0.0122. The fourth-order valence-electron chi connectivity index (χ4n) is 1.60. The molecule has 0 bridgehead atoms. The van der Waals surface area contributed by atoms with Gasteiger partial charge >= 0.3 is 0 Å². The number of amides is 1. The van der Waals surface area contributed by atoms with E-state index >= 15 is 0 Å². The molecule has 0 radical (unpaired) electrons. The Bertz CT molecular complexity index is 382. The molecule has 1 atom stereocenters. The normalized spacial score (nSPS) is 11.9. The largest absolute Gasteiger partial charge is 0.385 e. The fourth-order valence-corrected chi connectivity index (χ4v) is 1.60. The van der Waals surface area contributed by atoms with Gasteiger partial charge < -0.3 is 15.4 Å². The zero-order valence-electron chi connectivity index (χ0n) is 11.2. The Balaban J connectivity index is 2.60. The van der Waals surface area contributed by atoms with Crippen LogP contribution in [-0.2, 0) is 4.74 Å². The summed E-state index contributed by atoms with van der Waals surface area (Å²) in [6.07, 6.45) is 3.24. The maximum atomic E-state index is 12.0. The van der Waals surface area contributed by atoms with E-state index in [2.05, 4.69) is 15.6 Å². The van der Waals surface area contributed by atoms with E-state index in [-0.39, 0.29) is 12.0 Å². The Hall–Kier alpha value is -1.62. The summed E-state index contributed by atoms with van der Waals surface area (Å²) >= 11 is 0. The highest BCUT2D eigenvalue weighted by molar-refractivity contribution is 5.99. The Labute approximate surface area is 108 Å². The van der Waals surface area contributed by atoms with E-state index in [0.29, 0.717) is 18.7 Å². The van der Waals surface area contributed by atoms with Gasteiger partial charge in [0, 0.05) is 32.1 Å². The minimum Gasteiger partial charge on any atom is -0.385 e. The summed E-state index contributed by atoms with van der Waals surface area (Å²) in [6.45, 7) is 7.75. The molecule has 0 aliphatic rings. The molecule has 1 amide bonds. The van der Waals surface area contributed by atoms with Crippen molar-refractivity contribution in [1.29, 1.82) is 0 Å². The van der Waals surface area contributed by atoms with Gasteiger partial charge in [0.25, 0.3) is 5.91 Å². The molecule has 1 heterocycles. The molecule has 1 aromatic rings. The van der Waals surface area contributed by atoms with Crippen LogP contribution in [0.2, 0.25) is 0 Å². The summed E-state index contributed by atoms with van der Waals surface area (Å²) < 4.78 is 5.36. The number of nitrogens with one attached hydrogen (secondary N) is 2. The van der Waals surface area contributed by atoms with Crippen molar-refractivity contribution in [3.8, 4) is 0 Å². The first-order valence-electron chi connectivity index (χ1n) is 6.26. The molecule has 5 nitrogen and oxygen atoms in total. The van der Waals surface area contributed by atoms with Crippen LogP contribution in [0.5, 0.6) is 0 Å². The second-order valence-corrected chi connectivity index (χ2v) is 3.93. The lowest BCUT2D eigenvalue weighted by atomic mass is 10.2. The highest BCUT2D eigenvalue weighted by Crippen LogP contribution is 2.12. The maximum Gasteiger partial charge on any atom is 0.255 e. The molecule has 0 spiro atoms. The Morgan fingerprint density at radius 3 is 2.94 bits per heavy atom. The van der Waals surface area contributed by atoms with Gasteiger partial charge in [0.2, 0.25) is 0 Å². The van der Waals surface area contributed by atoms with Crippen molar-refractivity contribution in [2.75, 3.05) is 25.0 Å². The number of anilines is 1. The third-order valence-corrected chi connectivity index (χ3v) is 2.43. The first kappa shape index (κ1) is 14.4. The molecule has 2 N–H and O–H groups in total. The van der Waals surface area contributed by atoms with Crippen molar-refractivity contribution in [3.05, 3.63) is 24.0 Å². The van der Waals surface area contributed by atoms with Crippen molar-refractivity contribution in [2.24, 2.45) is 0 Å². The SMILES string of the molecule is CCNc1ccncc1C(=O)NCC(C)OCC. The second-order valence-electron chi connectivity index (χ2n) is 3.93. The number of rotatable bonds is 7. The van der Waals surface area contributed by atoms with Gasteiger partial charge in [-0.3, -0.25) is 9.78 Å². The van der Waals surface area contributed by atoms with E-state index in [4.69, 9.17) is 4.74 Å². The van der Waals surface area contributed by atoms with Crippen molar-refractivity contribution < 1.29 is 9.53 Å². The molecular weight excluding hydrogens is 230 g/mol. The molecule has 0 aromatic carbocycles. The molecular formula is C13H21N3O2. The Morgan fingerprint density at radius 1 is 1.50 bits per heavy atom. The predicted octanol–water partition coefficient (Wildman–Crippen LogP) is 1.67. The van der Waals surface area contributed by atoms with Gasteiger partial charge in [0.15, 0.2) is 0 Å². The highest BCUT2D eigenvalue weighted by atomic mass is 16.5. The van der Waals surface area contributed by atoms with E-state index in [1.165, 1.54) is 0 Å². The number of aromatic nitrogens is 1. The van der Waals surface area contributed by atoms with Crippen LogP contribution < -0.4 is 10.6 Å². The summed E-state index contributed by atoms with van der Waals surface area (Å²) in [4.78, 5) is 16.0. The quantitative estimate of drug-likeness (QED) is 0.773. The number of pyridine rings is 1. The van der Waals surface area contributed by atoms with E-state index in [9.17, 15) is 4.79 Å². The zero-order valence-corrected chi connectivity index (χ0v) is 11.2. The Kier molecular flexibility index (Phi) is 6.14. The molecule has 0 fully saturated rings. The summed E-state index contributed by atoms with van der Waals surface area (Å²) in [5.41, 5.74) is 1.36. The van der Waals surface area contributed by atoms with Gasteiger partial charge in [0.05, 0.1) is 17.4 Å². The smallest absolute Gasteiger partial charge is 0.255 e. The highest BCUT2D eigenvalue weighted by Gasteiger charge is 2.11. The van der Waals surface area contributed by atoms with Crippen LogP contribution >= 0.6 is 0 Å². The van der Waals surface area contributed by atoms with Crippen LogP contribution in [-0.4, -0.2) is 36.7 Å². The monoisotopic (exact) mass is 251 g/mol. The van der Waals surface area contributed by atoms with Gasteiger partial charge in [-0.15, -0.1) is 0 Å². The van der Waals surface area contributed by atoms with Crippen molar-refractivity contribution >= 4 is 11.6 Å². The number of hydrogen-bond acceptors (Lipinski definition) is 4. The van der Waals surface area contributed by atoms with Crippen molar-refractivity contribution in [2.45, 2.75) is 26.9 Å². The third kappa shape index (κ3) is 4.33. The minimum atomic E-state index is -0.134. The zero-order chi connectivity index (χ0) is 13.4. The van der Waals surface area contributed by atoms with Crippen molar-refractivity contribution in [1.82, 2.24) is 10.3 Å². The van der Waals surface area contributed by atoms with E-state index in [1.807, 2.05) is 20.8 Å². The van der Waals surface area contributed by atoms with Gasteiger partial charge in [-0.25, -0.2) is 0 Å². The average Bonchev–Trinajstić information content (AvgIpc) is 2.37. The summed E-state index contributed by atoms with van der Waals surface area (Å²) in [7, 11) is 0. The van der Waals surface area contributed by atoms with Crippen LogP contribution in [0, 0.1) is 0 Å². The number of carbonyl (C=O) groups excluding carboxylic acids is 1. The molecule has 5 heteroatoms. The number of nitrogens with zero attached hydrogens (tertiary/aromatic N) is 1. The fraction of sp³-hybridized carbons (Fsp3) is 0.538. The van der Waals surface area contributed by atoms with Gasteiger partial charge in [0.1, 0.15) is 0 Å². The topological polar surface area (TPSA) is 63.2 Å². The standard InChI is InChI=1S/C13H21N3O2/c1-4-15-12-6-7-14-9-11(12)13(17)16-8-10(3)18-5-2/h6-7,9-10H,4-5,8H2,1-3H3,(H,14,15)(H,16,17). The predicted molar refractivity (Wildman–Crippen MR) is 71.8 cm³/mol. The maximum absolute atomic E-state index is 12.0. The first-order chi connectivity index (χ1) is 8.69. The van der Waals surface area contributed by atoms with E-state index in [1.54, 1.807) is 18.5 Å². The molecule has 1 rings (SSSR count). The number of hydrogen-bond donors (Lipinski definition) is 2. The molecule has 0 saturated carbocycles. The average molecular weight is 251 g/mol. The lowest BCUT2D eigenvalue weighted by Crippen LogP contribution is -2.32. The lowest BCUT2D eigenvalue weighted by Gasteiger charge is -2.14. The number of carbonyl (C=O) groups is 1. The molecule has 0 aliphatic carbocycles. The molecule has 100 valence electrons.